The molecule has 6 rings (SSSR count). The van der Waals surface area contributed by atoms with Gasteiger partial charge in [-0.1, -0.05) is 12.1 Å². The molecule has 7 heteroatoms. The SMILES string of the molecule is CNC(=O)c1c(-c2ccc(F)cc2)nc2ccc(C3CC3C(=O)CC3(c4ccccn4)CC3)cn12. The van der Waals surface area contributed by atoms with Gasteiger partial charge in [-0.3, -0.25) is 19.0 Å². The Hall–Kier alpha value is -3.87. The van der Waals surface area contributed by atoms with E-state index in [4.69, 9.17) is 0 Å². The van der Waals surface area contributed by atoms with Crippen LogP contribution in [-0.4, -0.2) is 33.1 Å². The first-order chi connectivity index (χ1) is 17.0. The van der Waals surface area contributed by atoms with Crippen LogP contribution in [0.2, 0.25) is 0 Å². The van der Waals surface area contributed by atoms with Crippen LogP contribution >= 0.6 is 0 Å². The zero-order chi connectivity index (χ0) is 24.2. The van der Waals surface area contributed by atoms with Gasteiger partial charge in [0, 0.05) is 48.5 Å². The molecule has 0 bridgehead atoms. The van der Waals surface area contributed by atoms with Crippen LogP contribution in [0, 0.1) is 11.7 Å². The van der Waals surface area contributed by atoms with E-state index in [1.165, 1.54) is 12.1 Å². The molecule has 2 unspecified atom stereocenters. The lowest BCUT2D eigenvalue weighted by Gasteiger charge is -2.13. The van der Waals surface area contributed by atoms with Crippen LogP contribution < -0.4 is 5.32 Å². The summed E-state index contributed by atoms with van der Waals surface area (Å²) in [5.41, 5.74) is 4.14. The number of Topliss-reactive ketones (excluding diaryl/α,β-unsaturated/α-hetero) is 1. The molecule has 2 fully saturated rings. The summed E-state index contributed by atoms with van der Waals surface area (Å²) in [7, 11) is 1.57. The van der Waals surface area contributed by atoms with Crippen LogP contribution in [0.15, 0.2) is 67.0 Å². The average molecular weight is 469 g/mol. The van der Waals surface area contributed by atoms with Gasteiger partial charge in [-0.2, -0.15) is 0 Å². The number of imidazole rings is 1. The summed E-state index contributed by atoms with van der Waals surface area (Å²) in [5.74, 6) is -0.189. The van der Waals surface area contributed by atoms with E-state index >= 15 is 0 Å². The second-order valence-electron chi connectivity index (χ2n) is 9.67. The quantitative estimate of drug-likeness (QED) is 0.427. The molecule has 6 nitrogen and oxygen atoms in total. The van der Waals surface area contributed by atoms with Crippen molar-refractivity contribution in [3.05, 3.63) is 89.8 Å². The molecule has 3 aromatic heterocycles. The first-order valence-electron chi connectivity index (χ1n) is 11.9. The number of aromatic nitrogens is 3. The fraction of sp³-hybridized carbons (Fsp3) is 0.286. The van der Waals surface area contributed by atoms with Crippen molar-refractivity contribution in [3.8, 4) is 11.3 Å². The van der Waals surface area contributed by atoms with Crippen LogP contribution in [0.1, 0.15) is 53.3 Å². The maximum absolute atomic E-state index is 13.5. The number of ketones is 1. The number of benzene rings is 1. The highest BCUT2D eigenvalue weighted by Crippen LogP contribution is 2.55. The number of rotatable bonds is 7. The number of nitrogens with zero attached hydrogens (tertiary/aromatic N) is 3. The highest BCUT2D eigenvalue weighted by Gasteiger charge is 2.51. The third-order valence-electron chi connectivity index (χ3n) is 7.41. The molecule has 2 saturated carbocycles. The van der Waals surface area contributed by atoms with E-state index in [-0.39, 0.29) is 29.0 Å². The largest absolute Gasteiger partial charge is 0.354 e. The number of amides is 1. The maximum Gasteiger partial charge on any atom is 0.270 e. The zero-order valence-electron chi connectivity index (χ0n) is 19.4. The number of halogens is 1. The van der Waals surface area contributed by atoms with Crippen molar-refractivity contribution in [1.29, 1.82) is 0 Å². The fourth-order valence-electron chi connectivity index (χ4n) is 5.16. The number of hydrogen-bond acceptors (Lipinski definition) is 4. The molecule has 1 N–H and O–H groups in total. The van der Waals surface area contributed by atoms with Crippen LogP contribution in [0.4, 0.5) is 4.39 Å². The normalized spacial score (nSPS) is 19.9. The Morgan fingerprint density at radius 2 is 1.91 bits per heavy atom. The predicted octanol–water partition coefficient (Wildman–Crippen LogP) is 4.69. The number of carbonyl (C=O) groups is 2. The smallest absolute Gasteiger partial charge is 0.270 e. The molecule has 3 heterocycles. The van der Waals surface area contributed by atoms with Gasteiger partial charge in [0.05, 0.1) is 0 Å². The van der Waals surface area contributed by atoms with E-state index in [0.29, 0.717) is 34.8 Å². The van der Waals surface area contributed by atoms with Gasteiger partial charge >= 0.3 is 0 Å². The van der Waals surface area contributed by atoms with Crippen molar-refractivity contribution in [2.45, 2.75) is 37.0 Å². The minimum absolute atomic E-state index is 0.00261. The van der Waals surface area contributed by atoms with Crippen LogP contribution in [0.3, 0.4) is 0 Å². The Balaban J connectivity index is 1.28. The van der Waals surface area contributed by atoms with Gasteiger partial charge in [0.2, 0.25) is 0 Å². The van der Waals surface area contributed by atoms with Gasteiger partial charge in [-0.25, -0.2) is 9.37 Å². The van der Waals surface area contributed by atoms with Crippen LogP contribution in [-0.2, 0) is 10.2 Å². The van der Waals surface area contributed by atoms with Crippen molar-refractivity contribution in [1.82, 2.24) is 19.7 Å². The molecule has 0 saturated heterocycles. The topological polar surface area (TPSA) is 76.4 Å². The van der Waals surface area contributed by atoms with Gasteiger partial charge in [-0.05, 0) is 73.2 Å². The van der Waals surface area contributed by atoms with Gasteiger partial charge in [0.1, 0.15) is 28.6 Å². The summed E-state index contributed by atoms with van der Waals surface area (Å²) < 4.78 is 15.2. The molecule has 2 aliphatic carbocycles. The van der Waals surface area contributed by atoms with E-state index in [2.05, 4.69) is 15.3 Å². The molecule has 35 heavy (non-hydrogen) atoms. The van der Waals surface area contributed by atoms with Crippen LogP contribution in [0.25, 0.3) is 16.9 Å². The predicted molar refractivity (Wildman–Crippen MR) is 130 cm³/mol. The highest BCUT2D eigenvalue weighted by molar-refractivity contribution is 5.99. The van der Waals surface area contributed by atoms with Gasteiger partial charge in [0.25, 0.3) is 5.91 Å². The molecule has 1 amide bonds. The fourth-order valence-corrected chi connectivity index (χ4v) is 5.16. The summed E-state index contributed by atoms with van der Waals surface area (Å²) in [6.07, 6.45) is 7.09. The minimum atomic E-state index is -0.346. The lowest BCUT2D eigenvalue weighted by Crippen LogP contribution is -2.20. The number of nitrogens with one attached hydrogen (secondary N) is 1. The van der Waals surface area contributed by atoms with Gasteiger partial charge in [-0.15, -0.1) is 0 Å². The molecule has 0 spiro atoms. The van der Waals surface area contributed by atoms with Gasteiger partial charge < -0.3 is 5.32 Å². The Morgan fingerprint density at radius 1 is 1.11 bits per heavy atom. The summed E-state index contributed by atoms with van der Waals surface area (Å²) in [6, 6.07) is 15.7. The third-order valence-corrected chi connectivity index (χ3v) is 7.41. The summed E-state index contributed by atoms with van der Waals surface area (Å²) >= 11 is 0. The molecule has 2 aliphatic rings. The average Bonchev–Trinajstić information content (AvgIpc) is 3.81. The first-order valence-corrected chi connectivity index (χ1v) is 11.9. The monoisotopic (exact) mass is 468 g/mol. The van der Waals surface area contributed by atoms with Gasteiger partial charge in [0.15, 0.2) is 0 Å². The highest BCUT2D eigenvalue weighted by atomic mass is 19.1. The number of hydrogen-bond donors (Lipinski definition) is 1. The molecule has 176 valence electrons. The lowest BCUT2D eigenvalue weighted by atomic mass is 9.92. The van der Waals surface area contributed by atoms with Crippen molar-refractivity contribution < 1.29 is 14.0 Å². The Bertz CT molecular complexity index is 1440. The van der Waals surface area contributed by atoms with Crippen molar-refractivity contribution in [2.24, 2.45) is 5.92 Å². The Kier molecular flexibility index (Phi) is 5.02. The number of carbonyl (C=O) groups excluding carboxylic acids is 2. The summed E-state index contributed by atoms with van der Waals surface area (Å²) in [6.45, 7) is 0. The number of fused-ring (bicyclic) bond motifs is 1. The third kappa shape index (κ3) is 3.81. The summed E-state index contributed by atoms with van der Waals surface area (Å²) in [5, 5.41) is 2.69. The first kappa shape index (κ1) is 21.6. The van der Waals surface area contributed by atoms with E-state index in [1.54, 1.807) is 29.8 Å². The Labute approximate surface area is 202 Å². The standard InChI is InChI=1S/C28H25FN4O2/c1-30-27(35)26-25(17-5-8-19(29)9-6-17)32-24-10-7-18(16-33(24)26)20-14-21(20)22(34)15-28(11-12-28)23-4-2-3-13-31-23/h2-10,13,16,20-21H,11-12,14-15H2,1H3,(H,30,35). The van der Waals surface area contributed by atoms with E-state index < -0.39 is 0 Å². The zero-order valence-corrected chi connectivity index (χ0v) is 19.4. The van der Waals surface area contributed by atoms with E-state index in [9.17, 15) is 14.0 Å². The Morgan fingerprint density at radius 3 is 2.60 bits per heavy atom. The molecular weight excluding hydrogens is 443 g/mol. The molecular formula is C28H25FN4O2. The second kappa shape index (κ2) is 8.12. The molecule has 0 aliphatic heterocycles. The summed E-state index contributed by atoms with van der Waals surface area (Å²) in [4.78, 5) is 35.1. The van der Waals surface area contributed by atoms with E-state index in [1.807, 2.05) is 36.5 Å². The van der Waals surface area contributed by atoms with Crippen molar-refractivity contribution in [3.63, 3.8) is 0 Å². The second-order valence-corrected chi connectivity index (χ2v) is 9.67. The molecule has 0 radical (unpaired) electrons. The van der Waals surface area contributed by atoms with Crippen LogP contribution in [0.5, 0.6) is 0 Å². The molecule has 1 aromatic carbocycles. The van der Waals surface area contributed by atoms with Crippen molar-refractivity contribution in [2.75, 3.05) is 7.05 Å². The van der Waals surface area contributed by atoms with Crippen molar-refractivity contribution >= 4 is 17.3 Å². The molecule has 2 atom stereocenters. The molecule has 4 aromatic rings. The lowest BCUT2D eigenvalue weighted by molar-refractivity contribution is -0.121. The maximum atomic E-state index is 13.5. The van der Waals surface area contributed by atoms with E-state index in [0.717, 1.165) is 30.5 Å². The minimum Gasteiger partial charge on any atom is -0.354 e. The number of pyridine rings is 2.